The zero-order valence-corrected chi connectivity index (χ0v) is 18.4. The molecular weight excluding hydrogens is 368 g/mol. The summed E-state index contributed by atoms with van der Waals surface area (Å²) >= 11 is 0. The number of aliphatic hydroxyl groups is 1. The van der Waals surface area contributed by atoms with Crippen molar-refractivity contribution in [1.82, 2.24) is 0 Å². The molecule has 4 fully saturated rings. The largest absolute Gasteiger partial charge is 0.386 e. The minimum absolute atomic E-state index is 0.00663. The maximum Gasteiger partial charge on any atom is 0.171 e. The zero-order chi connectivity index (χ0) is 20.7. The highest BCUT2D eigenvalue weighted by Crippen LogP contribution is 2.63. The number of carbonyl (C=O) groups is 1. The fraction of sp³-hybridized carbons (Fsp3) is 0.875. The first-order chi connectivity index (χ1) is 13.6. The van der Waals surface area contributed by atoms with Gasteiger partial charge in [0, 0.05) is 37.2 Å². The highest BCUT2D eigenvalue weighted by atomic mass is 16.7. The van der Waals surface area contributed by atoms with Crippen LogP contribution in [-0.2, 0) is 19.0 Å². The van der Waals surface area contributed by atoms with Gasteiger partial charge in [0.25, 0.3) is 0 Å². The van der Waals surface area contributed by atoms with E-state index < -0.39 is 17.0 Å². The number of hydrogen-bond acceptors (Lipinski definition) is 5. The van der Waals surface area contributed by atoms with Gasteiger partial charge in [-0.3, -0.25) is 4.79 Å². The topological polar surface area (TPSA) is 65.0 Å². The number of methoxy groups -OCH3 is 1. The van der Waals surface area contributed by atoms with Gasteiger partial charge in [0.1, 0.15) is 17.0 Å². The Morgan fingerprint density at radius 1 is 1.10 bits per heavy atom. The van der Waals surface area contributed by atoms with Gasteiger partial charge in [0.05, 0.1) is 13.2 Å². The van der Waals surface area contributed by atoms with Crippen LogP contribution in [0.4, 0.5) is 0 Å². The molecule has 1 heterocycles. The normalized spacial score (nSPS) is 47.9. The van der Waals surface area contributed by atoms with Gasteiger partial charge in [-0.05, 0) is 49.5 Å². The Labute approximate surface area is 174 Å². The molecule has 1 aliphatic heterocycles. The minimum atomic E-state index is -1.000. The fourth-order valence-corrected chi connectivity index (χ4v) is 7.29. The van der Waals surface area contributed by atoms with Crippen molar-refractivity contribution >= 4 is 5.78 Å². The predicted molar refractivity (Wildman–Crippen MR) is 108 cm³/mol. The number of fused-ring (bicyclic) bond motifs is 5. The van der Waals surface area contributed by atoms with Crippen molar-refractivity contribution < 1.29 is 24.1 Å². The second-order valence-electron chi connectivity index (χ2n) is 11.4. The van der Waals surface area contributed by atoms with E-state index in [9.17, 15) is 9.90 Å². The molecule has 5 atom stereocenters. The van der Waals surface area contributed by atoms with Crippen LogP contribution in [0.3, 0.4) is 0 Å². The lowest BCUT2D eigenvalue weighted by molar-refractivity contribution is -0.351. The van der Waals surface area contributed by atoms with E-state index >= 15 is 0 Å². The Bertz CT molecular complexity index is 746. The first-order valence-electron chi connectivity index (χ1n) is 11.4. The molecule has 5 rings (SSSR count). The van der Waals surface area contributed by atoms with Gasteiger partial charge in [-0.1, -0.05) is 26.8 Å². The van der Waals surface area contributed by atoms with Gasteiger partial charge >= 0.3 is 0 Å². The van der Waals surface area contributed by atoms with Crippen LogP contribution in [0.15, 0.2) is 11.6 Å². The van der Waals surface area contributed by atoms with Gasteiger partial charge in [-0.2, -0.15) is 0 Å². The Morgan fingerprint density at radius 2 is 1.83 bits per heavy atom. The van der Waals surface area contributed by atoms with Gasteiger partial charge in [-0.25, -0.2) is 0 Å². The number of ketones is 1. The summed E-state index contributed by atoms with van der Waals surface area (Å²) in [6, 6.07) is 0. The number of carbonyl (C=O) groups excluding carboxylic acids is 1. The van der Waals surface area contributed by atoms with Crippen molar-refractivity contribution in [2.75, 3.05) is 20.3 Å². The van der Waals surface area contributed by atoms with E-state index in [0.29, 0.717) is 56.5 Å². The van der Waals surface area contributed by atoms with Crippen molar-refractivity contribution in [2.45, 2.75) is 89.1 Å². The average Bonchev–Trinajstić information content (AvgIpc) is 2.99. The number of ether oxygens (including phenoxy) is 3. The highest BCUT2D eigenvalue weighted by Gasteiger charge is 2.67. The molecule has 5 aliphatic rings. The third kappa shape index (κ3) is 2.63. The van der Waals surface area contributed by atoms with Crippen LogP contribution in [0, 0.1) is 22.7 Å². The first kappa shape index (κ1) is 20.2. The molecule has 5 nitrogen and oxygen atoms in total. The monoisotopic (exact) mass is 404 g/mol. The van der Waals surface area contributed by atoms with E-state index in [1.165, 1.54) is 5.57 Å². The lowest BCUT2D eigenvalue weighted by atomic mass is 9.51. The Kier molecular flexibility index (Phi) is 4.28. The standard InChI is InChI=1S/C24H36O5/c1-20(2)14-28-23(29-15-20)11-12-24(27-4)18-8-9-21(3)17(5-6-19(21)25)16(18)7-10-22(24,26)13-23/h8,16-17,26H,5-7,9-15H2,1-4H3/t16-,17-,21-,22+,24-/m0/s1. The van der Waals surface area contributed by atoms with Gasteiger partial charge in [0.15, 0.2) is 5.79 Å². The second-order valence-corrected chi connectivity index (χ2v) is 11.4. The summed E-state index contributed by atoms with van der Waals surface area (Å²) in [7, 11) is 1.74. The van der Waals surface area contributed by atoms with Crippen molar-refractivity contribution in [3.63, 3.8) is 0 Å². The van der Waals surface area contributed by atoms with Crippen molar-refractivity contribution in [1.29, 1.82) is 0 Å². The molecule has 0 radical (unpaired) electrons. The molecule has 5 heteroatoms. The Hall–Kier alpha value is -0.750. The molecule has 162 valence electrons. The third-order valence-corrected chi connectivity index (χ3v) is 9.08. The van der Waals surface area contributed by atoms with Crippen LogP contribution in [0.25, 0.3) is 0 Å². The van der Waals surface area contributed by atoms with E-state index in [1.54, 1.807) is 7.11 Å². The first-order valence-corrected chi connectivity index (χ1v) is 11.4. The SMILES string of the molecule is CO[C@]12CCC3(C[C@]1(O)CC[C@@H]1C2=CC[C@]2(C)C(=O)CC[C@@H]12)OCC(C)(C)CO3. The van der Waals surface area contributed by atoms with E-state index in [1.807, 2.05) is 0 Å². The molecule has 0 unspecified atom stereocenters. The molecule has 29 heavy (non-hydrogen) atoms. The molecule has 0 aromatic rings. The lowest BCUT2D eigenvalue weighted by Gasteiger charge is -2.62. The quantitative estimate of drug-likeness (QED) is 0.674. The molecule has 1 N–H and O–H groups in total. The molecule has 1 spiro atoms. The van der Waals surface area contributed by atoms with Gasteiger partial charge in [-0.15, -0.1) is 0 Å². The van der Waals surface area contributed by atoms with E-state index in [4.69, 9.17) is 14.2 Å². The average molecular weight is 405 g/mol. The number of hydrogen-bond donors (Lipinski definition) is 1. The van der Waals surface area contributed by atoms with Crippen molar-refractivity contribution in [2.24, 2.45) is 22.7 Å². The molecule has 0 aromatic heterocycles. The number of Topliss-reactive ketones (excluding diaryl/α,β-unsaturated/α-hetero) is 1. The highest BCUT2D eigenvalue weighted by molar-refractivity contribution is 5.87. The second kappa shape index (κ2) is 6.15. The number of rotatable bonds is 1. The Morgan fingerprint density at radius 3 is 2.52 bits per heavy atom. The molecular formula is C24H36O5. The van der Waals surface area contributed by atoms with Gasteiger partial charge < -0.3 is 19.3 Å². The van der Waals surface area contributed by atoms with Crippen molar-refractivity contribution in [3.8, 4) is 0 Å². The maximum absolute atomic E-state index is 12.6. The fourth-order valence-electron chi connectivity index (χ4n) is 7.29. The molecule has 0 aromatic carbocycles. The summed E-state index contributed by atoms with van der Waals surface area (Å²) in [4.78, 5) is 12.6. The summed E-state index contributed by atoms with van der Waals surface area (Å²) in [6.07, 6.45) is 8.14. The summed E-state index contributed by atoms with van der Waals surface area (Å²) in [5.41, 5.74) is -0.659. The number of allylic oxidation sites excluding steroid dienone is 1. The summed E-state index contributed by atoms with van der Waals surface area (Å²) in [5.74, 6) is 0.429. The van der Waals surface area contributed by atoms with E-state index in [0.717, 1.165) is 25.7 Å². The van der Waals surface area contributed by atoms with E-state index in [-0.39, 0.29) is 10.8 Å². The van der Waals surface area contributed by atoms with Gasteiger partial charge in [0.2, 0.25) is 0 Å². The van der Waals surface area contributed by atoms with Crippen LogP contribution < -0.4 is 0 Å². The third-order valence-electron chi connectivity index (χ3n) is 9.08. The Balaban J connectivity index is 1.48. The van der Waals surface area contributed by atoms with Crippen LogP contribution in [0.2, 0.25) is 0 Å². The molecule has 0 bridgehead atoms. The van der Waals surface area contributed by atoms with E-state index in [2.05, 4.69) is 26.8 Å². The zero-order valence-electron chi connectivity index (χ0n) is 18.4. The molecule has 1 saturated heterocycles. The molecule has 3 saturated carbocycles. The van der Waals surface area contributed by atoms with Crippen LogP contribution in [0.5, 0.6) is 0 Å². The smallest absolute Gasteiger partial charge is 0.171 e. The predicted octanol–water partition coefficient (Wildman–Crippen LogP) is 3.78. The van der Waals surface area contributed by atoms with Crippen molar-refractivity contribution in [3.05, 3.63) is 11.6 Å². The summed E-state index contributed by atoms with van der Waals surface area (Å²) in [6.45, 7) is 7.75. The summed E-state index contributed by atoms with van der Waals surface area (Å²) in [5, 5.41) is 12.0. The lowest BCUT2D eigenvalue weighted by Crippen LogP contribution is -2.69. The maximum atomic E-state index is 12.6. The molecule has 0 amide bonds. The molecule has 4 aliphatic carbocycles. The summed E-state index contributed by atoms with van der Waals surface area (Å²) < 4.78 is 18.7. The minimum Gasteiger partial charge on any atom is -0.386 e. The van der Waals surface area contributed by atoms with Crippen LogP contribution >= 0.6 is 0 Å². The van der Waals surface area contributed by atoms with Crippen LogP contribution in [-0.4, -0.2) is 48.2 Å². The van der Waals surface area contributed by atoms with Crippen LogP contribution in [0.1, 0.15) is 72.1 Å².